The lowest BCUT2D eigenvalue weighted by molar-refractivity contribution is -0.151. The average Bonchev–Trinajstić information content (AvgIpc) is 2.15. The Labute approximate surface area is 72.7 Å². The first kappa shape index (κ1) is 11.8. The Morgan fingerprint density at radius 1 is 1.62 bits per heavy atom. The molecule has 0 saturated carbocycles. The van der Waals surface area contributed by atoms with Gasteiger partial charge in [0.2, 0.25) is 0 Å². The molecule has 3 unspecified atom stereocenters. The largest absolute Gasteiger partial charge is 0.393 e. The Balaban J connectivity index is 4.74. The fourth-order valence-corrected chi connectivity index (χ4v) is 0.610. The second-order valence-corrected chi connectivity index (χ2v) is 2.30. The molecule has 13 heavy (non-hydrogen) atoms. The van der Waals surface area contributed by atoms with Gasteiger partial charge < -0.3 is 25.2 Å². The molecule has 4 N–H and O–H groups in total. The van der Waals surface area contributed by atoms with Crippen LogP contribution in [0.4, 0.5) is 0 Å². The predicted octanol–water partition coefficient (Wildman–Crippen LogP) is -2.10. The summed E-state index contributed by atoms with van der Waals surface area (Å²) in [6.45, 7) is -1.11. The van der Waals surface area contributed by atoms with Gasteiger partial charge in [0.1, 0.15) is 12.2 Å². The van der Waals surface area contributed by atoms with Crippen molar-refractivity contribution >= 4 is 6.29 Å². The van der Waals surface area contributed by atoms with E-state index < -0.39 is 24.5 Å². The van der Waals surface area contributed by atoms with Gasteiger partial charge in [-0.25, -0.2) is 0 Å². The highest BCUT2D eigenvalue weighted by molar-refractivity contribution is 5.56. The average molecular weight is 191 g/mol. The van der Waals surface area contributed by atoms with Crippen molar-refractivity contribution in [2.75, 3.05) is 6.61 Å². The first-order valence-corrected chi connectivity index (χ1v) is 3.22. The van der Waals surface area contributed by atoms with Gasteiger partial charge in [0.05, 0.1) is 6.61 Å². The van der Waals surface area contributed by atoms with Gasteiger partial charge in [-0.05, 0) is 5.53 Å². The van der Waals surface area contributed by atoms with E-state index in [0.717, 1.165) is 0 Å². The van der Waals surface area contributed by atoms with Crippen LogP contribution in [-0.4, -0.2) is 51.3 Å². The topological polar surface area (TPSA) is 147 Å². The van der Waals surface area contributed by atoms with E-state index in [1.165, 1.54) is 0 Å². The van der Waals surface area contributed by atoms with Gasteiger partial charge >= 0.3 is 0 Å². The number of carbonyl (C=O) groups is 1. The molecule has 0 aromatic rings. The molecule has 74 valence electrons. The minimum atomic E-state index is -2.59. The Morgan fingerprint density at radius 2 is 2.15 bits per heavy atom. The second-order valence-electron chi connectivity index (χ2n) is 2.30. The van der Waals surface area contributed by atoms with Crippen molar-refractivity contribution in [2.45, 2.75) is 17.9 Å². The molecule has 0 bridgehead atoms. The molecular weight excluding hydrogens is 182 g/mol. The van der Waals surface area contributed by atoms with E-state index in [9.17, 15) is 4.79 Å². The summed E-state index contributed by atoms with van der Waals surface area (Å²) in [6, 6.07) is 0. The van der Waals surface area contributed by atoms with Crippen LogP contribution in [0.5, 0.6) is 0 Å². The fourth-order valence-electron chi connectivity index (χ4n) is 0.610. The van der Waals surface area contributed by atoms with E-state index in [2.05, 4.69) is 10.0 Å². The Kier molecular flexibility index (Phi) is 4.32. The number of hydrogen-bond acceptors (Lipinski definition) is 6. The molecule has 0 aromatic heterocycles. The Bertz CT molecular complexity index is 228. The van der Waals surface area contributed by atoms with Crippen LogP contribution in [0.2, 0.25) is 0 Å². The molecule has 8 heteroatoms. The third-order valence-corrected chi connectivity index (χ3v) is 1.39. The van der Waals surface area contributed by atoms with Crippen molar-refractivity contribution in [3.63, 3.8) is 0 Å². The van der Waals surface area contributed by atoms with E-state index in [4.69, 9.17) is 26.0 Å². The summed E-state index contributed by atoms with van der Waals surface area (Å²) < 4.78 is 0. The van der Waals surface area contributed by atoms with Crippen molar-refractivity contribution in [1.29, 1.82) is 0 Å². The van der Waals surface area contributed by atoms with Crippen LogP contribution in [0.3, 0.4) is 0 Å². The number of hydrogen-bond donors (Lipinski definition) is 4. The van der Waals surface area contributed by atoms with Crippen LogP contribution in [0.25, 0.3) is 10.4 Å². The zero-order valence-electron chi connectivity index (χ0n) is 6.48. The summed E-state index contributed by atoms with van der Waals surface area (Å²) in [4.78, 5) is 12.1. The number of aldehydes is 1. The molecule has 3 atom stereocenters. The summed E-state index contributed by atoms with van der Waals surface area (Å²) in [5, 5.41) is 38.1. The number of rotatable bonds is 5. The van der Waals surface area contributed by atoms with Crippen LogP contribution in [0.1, 0.15) is 0 Å². The summed E-state index contributed by atoms with van der Waals surface area (Å²) in [5.41, 5.74) is 5.35. The summed E-state index contributed by atoms with van der Waals surface area (Å²) in [7, 11) is 0. The van der Waals surface area contributed by atoms with Gasteiger partial charge in [-0.15, -0.1) is 0 Å². The van der Waals surface area contributed by atoms with Gasteiger partial charge in [-0.1, -0.05) is 5.11 Å². The monoisotopic (exact) mass is 191 g/mol. The van der Waals surface area contributed by atoms with Crippen molar-refractivity contribution in [3.8, 4) is 0 Å². The molecule has 0 saturated heterocycles. The third kappa shape index (κ3) is 2.65. The molecule has 0 aliphatic carbocycles. The highest BCUT2D eigenvalue weighted by Crippen LogP contribution is 2.14. The molecule has 0 radical (unpaired) electrons. The number of aliphatic hydroxyl groups is 4. The van der Waals surface area contributed by atoms with Crippen molar-refractivity contribution in [2.24, 2.45) is 5.11 Å². The fraction of sp³-hybridized carbons (Fsp3) is 0.800. The zero-order valence-corrected chi connectivity index (χ0v) is 6.48. The molecule has 0 rings (SSSR count). The number of nitrogens with zero attached hydrogens (tertiary/aromatic N) is 3. The van der Waals surface area contributed by atoms with Crippen LogP contribution >= 0.6 is 0 Å². The summed E-state index contributed by atoms with van der Waals surface area (Å²) in [6.07, 6.45) is -4.05. The van der Waals surface area contributed by atoms with E-state index in [0.29, 0.717) is 0 Å². The zero-order chi connectivity index (χ0) is 10.5. The second kappa shape index (κ2) is 4.75. The maximum Gasteiger partial charge on any atom is 0.195 e. The molecular formula is C5H9N3O5. The summed E-state index contributed by atoms with van der Waals surface area (Å²) in [5.74, 6) is 0. The molecule has 0 aliphatic heterocycles. The number of azide groups is 1. The minimum Gasteiger partial charge on any atom is -0.393 e. The molecule has 0 spiro atoms. The van der Waals surface area contributed by atoms with Gasteiger partial charge in [0.25, 0.3) is 0 Å². The van der Waals surface area contributed by atoms with Crippen molar-refractivity contribution < 1.29 is 25.2 Å². The van der Waals surface area contributed by atoms with Gasteiger partial charge in [0, 0.05) is 4.91 Å². The molecule has 0 aliphatic rings. The highest BCUT2D eigenvalue weighted by atomic mass is 16.4. The smallest absolute Gasteiger partial charge is 0.195 e. The van der Waals surface area contributed by atoms with E-state index in [1.54, 1.807) is 0 Å². The highest BCUT2D eigenvalue weighted by Gasteiger charge is 2.38. The van der Waals surface area contributed by atoms with Gasteiger partial charge in [-0.2, -0.15) is 0 Å². The Morgan fingerprint density at radius 3 is 2.46 bits per heavy atom. The molecule has 0 aromatic carbocycles. The van der Waals surface area contributed by atoms with Gasteiger partial charge in [-0.3, -0.25) is 0 Å². The van der Waals surface area contributed by atoms with E-state index in [-0.39, 0.29) is 6.29 Å². The molecule has 0 fully saturated rings. The third-order valence-electron chi connectivity index (χ3n) is 1.39. The van der Waals surface area contributed by atoms with Crippen LogP contribution < -0.4 is 0 Å². The van der Waals surface area contributed by atoms with Crippen LogP contribution in [0.15, 0.2) is 5.11 Å². The summed E-state index contributed by atoms with van der Waals surface area (Å²) >= 11 is 0. The van der Waals surface area contributed by atoms with Gasteiger partial charge in [0.15, 0.2) is 12.0 Å². The molecule has 8 nitrogen and oxygen atoms in total. The van der Waals surface area contributed by atoms with Crippen LogP contribution in [0, 0.1) is 0 Å². The first-order valence-electron chi connectivity index (χ1n) is 3.22. The lowest BCUT2D eigenvalue weighted by Gasteiger charge is -2.26. The standard InChI is InChI=1S/C5H9N3O5/c6-8-7-5(13,2-10)4(12)3(11)1-9/h1,3-4,10-13H,2H2. The minimum absolute atomic E-state index is 0.0574. The number of aliphatic hydroxyl groups excluding tert-OH is 3. The molecule has 0 amide bonds. The van der Waals surface area contributed by atoms with Crippen molar-refractivity contribution in [3.05, 3.63) is 10.4 Å². The maximum atomic E-state index is 9.98. The molecule has 0 heterocycles. The quantitative estimate of drug-likeness (QED) is 0.170. The lowest BCUT2D eigenvalue weighted by atomic mass is 10.0. The SMILES string of the molecule is [N-]=[N+]=NC(O)(CO)C(O)C(O)C=O. The normalized spacial score (nSPS) is 19.4. The van der Waals surface area contributed by atoms with Crippen LogP contribution in [-0.2, 0) is 4.79 Å². The van der Waals surface area contributed by atoms with E-state index in [1.807, 2.05) is 0 Å². The first-order chi connectivity index (χ1) is 6.01. The Hall–Kier alpha value is -1.18. The van der Waals surface area contributed by atoms with Crippen molar-refractivity contribution in [1.82, 2.24) is 0 Å². The number of carbonyl (C=O) groups excluding carboxylic acids is 1. The van der Waals surface area contributed by atoms with E-state index >= 15 is 0 Å². The predicted molar refractivity (Wildman–Crippen MR) is 39.3 cm³/mol. The lowest BCUT2D eigenvalue weighted by Crippen LogP contribution is -2.50. The maximum absolute atomic E-state index is 9.98.